The lowest BCUT2D eigenvalue weighted by atomic mass is 9.91. The summed E-state index contributed by atoms with van der Waals surface area (Å²) in [4.78, 5) is 171. The van der Waals surface area contributed by atoms with Gasteiger partial charge in [0.1, 0.15) is 60.4 Å². The summed E-state index contributed by atoms with van der Waals surface area (Å²) in [7, 11) is 9.82. The standard InChI is InChI=1S/C66H116ClN11O13/c1-25-27-28-44(16)56(80)55-60(84)69-46(26-2)61(85)72(18)34-52(79)73(19)48(29-37(3)4)59(83)71-53(41(11)12)65(89)74(20)49(30-38(5)6)58(82)68-45(17)57(81)70-47(36-91-35-43(15)33-67)62(86)75(21)50(31-39(7)8)63(87)76(22)51(32-40(9)10)64(88)77(23)54(42(13)14)66(90)78(55)24/h25,27,37-42,44-51,53-56,80H,15,26,28-36H2,1-14,16-24H3,(H,68,82)(H,69,84)(H,70,81)(H,71,83)/b27-25+/t44-,45+,46+,47-,48+,49+,50+,51+,53+,54+,55+,56-/m1/s1. The molecule has 1 aliphatic heterocycles. The maximum absolute atomic E-state index is 15.3. The third-order valence-corrected chi connectivity index (χ3v) is 17.1. The summed E-state index contributed by atoms with van der Waals surface area (Å²) in [6, 6.07) is -13.0. The summed E-state index contributed by atoms with van der Waals surface area (Å²) in [5.41, 5.74) is 0.470. The van der Waals surface area contributed by atoms with Crippen LogP contribution in [-0.2, 0) is 57.5 Å². The molecule has 520 valence electrons. The zero-order valence-electron chi connectivity index (χ0n) is 59.2. The molecule has 0 saturated carbocycles. The van der Waals surface area contributed by atoms with Crippen molar-refractivity contribution >= 4 is 76.6 Å². The highest BCUT2D eigenvalue weighted by atomic mass is 35.5. The average molecular weight is 1310 g/mol. The van der Waals surface area contributed by atoms with Crippen LogP contribution >= 0.6 is 11.6 Å². The van der Waals surface area contributed by atoms with Gasteiger partial charge >= 0.3 is 0 Å². The number of hydrogen-bond acceptors (Lipinski definition) is 13. The normalized spacial score (nSPS) is 25.9. The molecule has 11 amide bonds. The lowest BCUT2D eigenvalue weighted by Gasteiger charge is -2.41. The Balaban J connectivity index is 4.47. The van der Waals surface area contributed by atoms with Crippen molar-refractivity contribution in [3.63, 3.8) is 0 Å². The highest BCUT2D eigenvalue weighted by Gasteiger charge is 2.46. The van der Waals surface area contributed by atoms with Gasteiger partial charge in [-0.2, -0.15) is 0 Å². The van der Waals surface area contributed by atoms with Crippen LogP contribution < -0.4 is 21.3 Å². The summed E-state index contributed by atoms with van der Waals surface area (Å²) in [5.74, 6) is -10.3. The average Bonchev–Trinajstić information content (AvgIpc) is 0.952. The lowest BCUT2D eigenvalue weighted by Crippen LogP contribution is -2.63. The van der Waals surface area contributed by atoms with Gasteiger partial charge in [-0.3, -0.25) is 52.7 Å². The summed E-state index contributed by atoms with van der Waals surface area (Å²) in [5, 5.41) is 23.2. The fraction of sp³-hybridized carbons (Fsp3) is 0.773. The first kappa shape index (κ1) is 82.9. The number of rotatable bonds is 20. The molecule has 0 aromatic carbocycles. The van der Waals surface area contributed by atoms with Gasteiger partial charge in [0.2, 0.25) is 65.0 Å². The molecule has 12 atom stereocenters. The first-order chi connectivity index (χ1) is 42.1. The number of carbonyl (C=O) groups excluding carboxylic acids is 11. The Bertz CT molecular complexity index is 2510. The first-order valence-corrected chi connectivity index (χ1v) is 32.8. The maximum Gasteiger partial charge on any atom is 0.247 e. The van der Waals surface area contributed by atoms with E-state index in [2.05, 4.69) is 27.8 Å². The van der Waals surface area contributed by atoms with E-state index in [1.165, 1.54) is 80.8 Å². The third kappa shape index (κ3) is 24.4. The van der Waals surface area contributed by atoms with Crippen LogP contribution in [0.15, 0.2) is 24.3 Å². The van der Waals surface area contributed by atoms with Crippen molar-refractivity contribution < 1.29 is 62.6 Å². The van der Waals surface area contributed by atoms with Gasteiger partial charge in [-0.15, -0.1) is 11.6 Å². The minimum Gasteiger partial charge on any atom is -0.390 e. The largest absolute Gasteiger partial charge is 0.390 e. The molecule has 0 aromatic heterocycles. The van der Waals surface area contributed by atoms with Crippen molar-refractivity contribution in [3.05, 3.63) is 24.3 Å². The number of ether oxygens (including phenoxy) is 1. The van der Waals surface area contributed by atoms with Crippen molar-refractivity contribution in [1.29, 1.82) is 0 Å². The number of allylic oxidation sites excluding steroid dienone is 2. The van der Waals surface area contributed by atoms with Gasteiger partial charge in [0.05, 0.1) is 25.9 Å². The predicted molar refractivity (Wildman–Crippen MR) is 353 cm³/mol. The molecule has 1 aliphatic rings. The molecule has 91 heavy (non-hydrogen) atoms. The van der Waals surface area contributed by atoms with Crippen LogP contribution in [0.5, 0.6) is 0 Å². The van der Waals surface area contributed by atoms with E-state index in [1.54, 1.807) is 60.6 Å². The molecule has 0 unspecified atom stereocenters. The minimum atomic E-state index is -1.63. The Morgan fingerprint density at radius 2 is 0.989 bits per heavy atom. The van der Waals surface area contributed by atoms with Gasteiger partial charge in [0.15, 0.2) is 0 Å². The number of amides is 11. The first-order valence-electron chi connectivity index (χ1n) is 32.3. The molecule has 0 radical (unpaired) electrons. The zero-order valence-corrected chi connectivity index (χ0v) is 59.9. The second-order valence-corrected chi connectivity index (χ2v) is 27.6. The summed E-state index contributed by atoms with van der Waals surface area (Å²) in [6.45, 7) is 31.0. The summed E-state index contributed by atoms with van der Waals surface area (Å²) < 4.78 is 5.88. The smallest absolute Gasteiger partial charge is 0.247 e. The SMILES string of the molecule is C=C(CCl)COC[C@H]1NC(=O)[C@H](C)NC(=O)[C@H](CC(C)C)N(C)C(=O)[C@H](C(C)C)NC(=O)[C@H](CC(C)C)N(C)C(=O)CN(C)C(=O)[C@H](CC)NC(=O)[C@H]([C@H](O)[C@H](C)C/C=C/C)N(C)C(=O)[C@H](C(C)C)N(C)C(=O)[C@H](CC(C)C)N(C)C(=O)[C@H](CC(C)C)N(C)C1=O. The van der Waals surface area contributed by atoms with E-state index in [0.29, 0.717) is 12.0 Å². The molecule has 0 bridgehead atoms. The van der Waals surface area contributed by atoms with Gasteiger partial charge in [-0.1, -0.05) is 116 Å². The fourth-order valence-electron chi connectivity index (χ4n) is 11.1. The summed E-state index contributed by atoms with van der Waals surface area (Å²) in [6.07, 6.45) is 2.83. The van der Waals surface area contributed by atoms with Gasteiger partial charge in [-0.25, -0.2) is 0 Å². The number of carbonyl (C=O) groups is 11. The van der Waals surface area contributed by atoms with Crippen LogP contribution in [-0.4, -0.2) is 246 Å². The third-order valence-electron chi connectivity index (χ3n) is 16.7. The molecule has 1 saturated heterocycles. The van der Waals surface area contributed by atoms with Crippen molar-refractivity contribution in [2.45, 2.75) is 216 Å². The molecule has 1 heterocycles. The van der Waals surface area contributed by atoms with Crippen molar-refractivity contribution in [2.75, 3.05) is 75.0 Å². The molecule has 0 aromatic rings. The maximum atomic E-state index is 15.3. The quantitative estimate of drug-likeness (QED) is 0.0851. The molecule has 1 rings (SSSR count). The molecular formula is C66H116ClN11O13. The fourth-order valence-corrected chi connectivity index (χ4v) is 11.1. The second kappa shape index (κ2) is 38.8. The molecule has 5 N–H and O–H groups in total. The number of hydrogen-bond donors (Lipinski definition) is 5. The lowest BCUT2D eigenvalue weighted by molar-refractivity contribution is -0.157. The van der Waals surface area contributed by atoms with E-state index in [1.807, 2.05) is 55.4 Å². The zero-order chi connectivity index (χ0) is 70.4. The van der Waals surface area contributed by atoms with Crippen LogP contribution in [0.4, 0.5) is 0 Å². The Hall–Kier alpha value is -6.14. The van der Waals surface area contributed by atoms with E-state index in [-0.39, 0.29) is 68.3 Å². The molecular weight excluding hydrogens is 1190 g/mol. The van der Waals surface area contributed by atoms with Crippen molar-refractivity contribution in [3.8, 4) is 0 Å². The number of likely N-dealkylation sites (N-methyl/N-ethyl adjacent to an activating group) is 7. The van der Waals surface area contributed by atoms with Crippen molar-refractivity contribution in [1.82, 2.24) is 55.6 Å². The number of nitrogens with one attached hydrogen (secondary N) is 4. The Kier molecular flexibility index (Phi) is 35.3. The number of aliphatic hydroxyl groups excluding tert-OH is 1. The molecule has 24 nitrogen and oxygen atoms in total. The molecule has 0 spiro atoms. The number of aliphatic hydroxyl groups is 1. The van der Waals surface area contributed by atoms with Gasteiger partial charge < -0.3 is 65.4 Å². The minimum absolute atomic E-state index is 0.0105. The second-order valence-electron chi connectivity index (χ2n) is 27.3. The van der Waals surface area contributed by atoms with E-state index in [4.69, 9.17) is 16.3 Å². The highest BCUT2D eigenvalue weighted by molar-refractivity contribution is 6.19. The van der Waals surface area contributed by atoms with Crippen LogP contribution in [0.25, 0.3) is 0 Å². The highest BCUT2D eigenvalue weighted by Crippen LogP contribution is 2.26. The number of halogens is 1. The van der Waals surface area contributed by atoms with E-state index in [9.17, 15) is 43.5 Å². The van der Waals surface area contributed by atoms with Gasteiger partial charge in [0.25, 0.3) is 0 Å². The van der Waals surface area contributed by atoms with Gasteiger partial charge in [-0.05, 0) is 99.4 Å². The number of alkyl halides is 1. The Morgan fingerprint density at radius 3 is 1.45 bits per heavy atom. The molecule has 25 heteroatoms. The number of nitrogens with zero attached hydrogens (tertiary/aromatic N) is 7. The monoisotopic (exact) mass is 1310 g/mol. The van der Waals surface area contributed by atoms with Crippen LogP contribution in [0, 0.1) is 41.4 Å². The molecule has 1 fully saturated rings. The molecule has 0 aliphatic carbocycles. The topological polar surface area (TPSA) is 288 Å². The Morgan fingerprint density at radius 1 is 0.549 bits per heavy atom. The van der Waals surface area contributed by atoms with E-state index >= 15 is 14.4 Å². The van der Waals surface area contributed by atoms with Crippen LogP contribution in [0.2, 0.25) is 0 Å². The van der Waals surface area contributed by atoms with E-state index < -0.39 is 162 Å². The van der Waals surface area contributed by atoms with Crippen LogP contribution in [0.3, 0.4) is 0 Å². The van der Waals surface area contributed by atoms with Crippen molar-refractivity contribution in [2.24, 2.45) is 41.4 Å². The van der Waals surface area contributed by atoms with E-state index in [0.717, 1.165) is 9.80 Å². The predicted octanol–water partition coefficient (Wildman–Crippen LogP) is 4.06. The Labute approximate surface area is 549 Å². The van der Waals surface area contributed by atoms with Crippen LogP contribution in [0.1, 0.15) is 149 Å². The van der Waals surface area contributed by atoms with Gasteiger partial charge in [0, 0.05) is 55.2 Å². The summed E-state index contributed by atoms with van der Waals surface area (Å²) >= 11 is 6.02.